The fourth-order valence-corrected chi connectivity index (χ4v) is 8.68. The molecule has 3 aliphatic rings. The number of unbranched alkanes of at least 4 members (excludes halogenated alkanes) is 1. The third kappa shape index (κ3) is 7.80. The summed E-state index contributed by atoms with van der Waals surface area (Å²) in [5.41, 5.74) is 1.99. The first kappa shape index (κ1) is 36.4. The van der Waals surface area contributed by atoms with Gasteiger partial charge in [0.25, 0.3) is 0 Å². The van der Waals surface area contributed by atoms with Crippen molar-refractivity contribution in [2.75, 3.05) is 46.8 Å². The second-order valence-electron chi connectivity index (χ2n) is 14.4. The summed E-state index contributed by atoms with van der Waals surface area (Å²) >= 11 is 0. The normalized spacial score (nSPS) is 21.6. The van der Waals surface area contributed by atoms with Crippen molar-refractivity contribution >= 4 is 21.8 Å². The molecule has 3 heterocycles. The van der Waals surface area contributed by atoms with Gasteiger partial charge < -0.3 is 20.2 Å². The molecule has 1 spiro atoms. The van der Waals surface area contributed by atoms with Crippen LogP contribution >= 0.6 is 0 Å². The minimum absolute atomic E-state index is 0.0494. The minimum atomic E-state index is -3.61. The molecule has 2 saturated heterocycles. The molecule has 12 nitrogen and oxygen atoms in total. The highest BCUT2D eigenvalue weighted by atomic mass is 32.2. The molecule has 1 atom stereocenters. The fourth-order valence-electron chi connectivity index (χ4n) is 7.66. The number of aromatic nitrogens is 2. The number of hydrogen-bond acceptors (Lipinski definition) is 8. The van der Waals surface area contributed by atoms with Crippen LogP contribution in [0.2, 0.25) is 0 Å². The number of hydrogen-bond donors (Lipinski definition) is 3. The number of likely N-dealkylation sites (tertiary alicyclic amines) is 1. The van der Waals surface area contributed by atoms with Gasteiger partial charge >= 0.3 is 0 Å². The second kappa shape index (κ2) is 15.0. The Balaban J connectivity index is 1.25. The van der Waals surface area contributed by atoms with E-state index in [-0.39, 0.29) is 23.1 Å². The molecule has 2 aliphatic heterocycles. The highest BCUT2D eigenvalue weighted by Crippen LogP contribution is 2.38. The monoisotopic (exact) mass is 685 g/mol. The van der Waals surface area contributed by atoms with Gasteiger partial charge in [-0.3, -0.25) is 14.5 Å². The van der Waals surface area contributed by atoms with E-state index in [0.717, 1.165) is 54.7 Å². The van der Waals surface area contributed by atoms with E-state index in [1.807, 2.05) is 42.4 Å². The zero-order valence-corrected chi connectivity index (χ0v) is 30.2. The lowest BCUT2D eigenvalue weighted by atomic mass is 9.77. The average molecular weight is 686 g/mol. The van der Waals surface area contributed by atoms with Gasteiger partial charge in [-0.2, -0.15) is 5.10 Å². The molecule has 48 heavy (non-hydrogen) atoms. The molecule has 1 aromatic heterocycles. The van der Waals surface area contributed by atoms with E-state index in [0.29, 0.717) is 65.0 Å². The van der Waals surface area contributed by atoms with Crippen LogP contribution in [0, 0.1) is 13.8 Å². The molecule has 0 radical (unpaired) electrons. The minimum Gasteiger partial charge on any atom is -0.390 e. The molecule has 0 bridgehead atoms. The summed E-state index contributed by atoms with van der Waals surface area (Å²) in [5.74, 6) is -0.132. The average Bonchev–Trinajstić information content (AvgIpc) is 3.33. The molecule has 0 unspecified atom stereocenters. The Morgan fingerprint density at radius 1 is 1.04 bits per heavy atom. The van der Waals surface area contributed by atoms with Crippen LogP contribution in [0.15, 0.2) is 29.2 Å². The fraction of sp³-hybridized carbons (Fsp3) is 0.686. The number of sulfonamides is 1. The van der Waals surface area contributed by atoms with Crippen LogP contribution in [0.4, 0.5) is 0 Å². The predicted molar refractivity (Wildman–Crippen MR) is 185 cm³/mol. The maximum Gasteiger partial charge on any atom is 0.246 e. The second-order valence-corrected chi connectivity index (χ2v) is 16.2. The number of carbonyl (C=O) groups excluding carboxylic acids is 2. The number of rotatable bonds is 13. The van der Waals surface area contributed by atoms with Crippen LogP contribution < -0.4 is 10.0 Å². The number of benzene rings is 1. The molecule has 1 saturated carbocycles. The quantitative estimate of drug-likeness (QED) is 0.293. The van der Waals surface area contributed by atoms with Crippen molar-refractivity contribution in [3.63, 3.8) is 0 Å². The number of aryl methyl sites for hydroxylation is 1. The zero-order chi connectivity index (χ0) is 34.7. The Labute approximate surface area is 286 Å². The topological polar surface area (TPSA) is 140 Å². The van der Waals surface area contributed by atoms with E-state index in [1.54, 1.807) is 24.3 Å². The molecular weight excluding hydrogens is 630 g/mol. The molecule has 3 fully saturated rings. The maximum absolute atomic E-state index is 13.9. The van der Waals surface area contributed by atoms with Gasteiger partial charge in [0, 0.05) is 56.9 Å². The Kier molecular flexibility index (Phi) is 11.4. The van der Waals surface area contributed by atoms with Gasteiger partial charge in [0.05, 0.1) is 21.9 Å². The molecule has 1 aliphatic carbocycles. The van der Waals surface area contributed by atoms with Gasteiger partial charge in [-0.1, -0.05) is 32.6 Å². The number of amides is 2. The largest absolute Gasteiger partial charge is 0.390 e. The summed E-state index contributed by atoms with van der Waals surface area (Å²) in [6.45, 7) is 9.58. The highest BCUT2D eigenvalue weighted by Gasteiger charge is 2.54. The maximum atomic E-state index is 13.9. The highest BCUT2D eigenvalue weighted by molar-refractivity contribution is 7.89. The number of piperazine rings is 1. The van der Waals surface area contributed by atoms with Gasteiger partial charge in [-0.05, 0) is 84.3 Å². The van der Waals surface area contributed by atoms with Crippen LogP contribution in [0.3, 0.4) is 0 Å². The molecule has 3 N–H and O–H groups in total. The molecule has 266 valence electrons. The lowest BCUT2D eigenvalue weighted by Crippen LogP contribution is -2.73. The summed E-state index contributed by atoms with van der Waals surface area (Å²) in [6, 6.07) is 6.09. The van der Waals surface area contributed by atoms with Crippen molar-refractivity contribution < 1.29 is 23.1 Å². The Hall–Kier alpha value is -2.84. The number of likely N-dealkylation sites (N-methyl/N-ethyl adjacent to an activating group) is 1. The first-order chi connectivity index (χ1) is 22.8. The first-order valence-corrected chi connectivity index (χ1v) is 19.1. The number of aliphatic hydroxyl groups is 1. The molecule has 2 amide bonds. The van der Waals surface area contributed by atoms with E-state index >= 15 is 0 Å². The van der Waals surface area contributed by atoms with Gasteiger partial charge in [0.15, 0.2) is 0 Å². The number of nitrogens with zero attached hydrogens (tertiary/aromatic N) is 5. The van der Waals surface area contributed by atoms with Crippen LogP contribution in [0.1, 0.15) is 88.1 Å². The lowest BCUT2D eigenvalue weighted by Gasteiger charge is -2.52. The lowest BCUT2D eigenvalue weighted by molar-refractivity contribution is -0.163. The molecule has 13 heteroatoms. The van der Waals surface area contributed by atoms with E-state index in [2.05, 4.69) is 21.9 Å². The SMILES string of the molecule is CCCCN1C(=O)[C@@H](CC2(O)CCCCC2)NC(=O)C12CCN(Cc1c(C)nn(-c3ccc(S(=O)(=O)NCCN(C)C)cc3)c1C)CC2. The Morgan fingerprint density at radius 2 is 1.71 bits per heavy atom. The van der Waals surface area contributed by atoms with Crippen molar-refractivity contribution in [2.24, 2.45) is 0 Å². The third-order valence-electron chi connectivity index (χ3n) is 10.7. The molecular formula is C35H55N7O5S. The predicted octanol–water partition coefficient (Wildman–Crippen LogP) is 2.88. The summed E-state index contributed by atoms with van der Waals surface area (Å²) in [4.78, 5) is 34.2. The Morgan fingerprint density at radius 3 is 2.33 bits per heavy atom. The zero-order valence-electron chi connectivity index (χ0n) is 29.4. The summed E-state index contributed by atoms with van der Waals surface area (Å²) < 4.78 is 29.9. The van der Waals surface area contributed by atoms with Gasteiger partial charge in [-0.15, -0.1) is 0 Å². The number of nitrogens with one attached hydrogen (secondary N) is 2. The van der Waals surface area contributed by atoms with Gasteiger partial charge in [0.2, 0.25) is 21.8 Å². The van der Waals surface area contributed by atoms with E-state index in [1.165, 1.54) is 0 Å². The van der Waals surface area contributed by atoms with E-state index in [4.69, 9.17) is 5.10 Å². The van der Waals surface area contributed by atoms with Crippen molar-refractivity contribution in [3.05, 3.63) is 41.2 Å². The van der Waals surface area contributed by atoms with E-state index < -0.39 is 27.2 Å². The van der Waals surface area contributed by atoms with Gasteiger partial charge in [0.1, 0.15) is 11.6 Å². The standard InChI is InChI=1S/C35H55N7O5S/c1-6-7-20-41-32(43)31(24-34(45)15-9-8-10-16-34)37-33(44)35(41)17-21-40(22-18-35)25-30-26(2)38-42(27(30)3)28-11-13-29(14-12-28)48(46,47)36-19-23-39(4)5/h11-14,31,36,45H,6-10,15-25H2,1-5H3,(H,37,44)/t31-/m1/s1. The van der Waals surface area contributed by atoms with Crippen molar-refractivity contribution in [1.82, 2.24) is 34.5 Å². The van der Waals surface area contributed by atoms with Gasteiger partial charge in [-0.25, -0.2) is 17.8 Å². The third-order valence-corrected chi connectivity index (χ3v) is 12.1. The summed E-state index contributed by atoms with van der Waals surface area (Å²) in [7, 11) is 0.186. The molecule has 1 aromatic carbocycles. The first-order valence-electron chi connectivity index (χ1n) is 17.7. The molecule has 2 aromatic rings. The van der Waals surface area contributed by atoms with Crippen LogP contribution in [-0.2, 0) is 26.2 Å². The van der Waals surface area contributed by atoms with Crippen LogP contribution in [0.25, 0.3) is 5.69 Å². The summed E-state index contributed by atoms with van der Waals surface area (Å²) in [5, 5.41) is 19.1. The molecule has 5 rings (SSSR count). The van der Waals surface area contributed by atoms with Crippen molar-refractivity contribution in [1.29, 1.82) is 0 Å². The Bertz CT molecular complexity index is 1540. The number of carbonyl (C=O) groups is 2. The smallest absolute Gasteiger partial charge is 0.246 e. The number of piperidine rings is 1. The van der Waals surface area contributed by atoms with Crippen LogP contribution in [0.5, 0.6) is 0 Å². The van der Waals surface area contributed by atoms with Crippen molar-refractivity contribution in [2.45, 2.75) is 114 Å². The van der Waals surface area contributed by atoms with E-state index in [9.17, 15) is 23.1 Å². The van der Waals surface area contributed by atoms with Crippen molar-refractivity contribution in [3.8, 4) is 5.69 Å². The summed E-state index contributed by atoms with van der Waals surface area (Å²) in [6.07, 6.45) is 7.52. The van der Waals surface area contributed by atoms with Crippen LogP contribution in [-0.4, -0.2) is 114 Å².